The van der Waals surface area contributed by atoms with Crippen molar-refractivity contribution in [3.8, 4) is 5.75 Å². The summed E-state index contributed by atoms with van der Waals surface area (Å²) in [5, 5.41) is 2.96. The minimum atomic E-state index is -0.506. The average Bonchev–Trinajstić information content (AvgIpc) is 3.09. The fourth-order valence-corrected chi connectivity index (χ4v) is 4.08. The van der Waals surface area contributed by atoms with E-state index in [1.807, 2.05) is 12.3 Å². The van der Waals surface area contributed by atoms with Crippen LogP contribution in [0.25, 0.3) is 0 Å². The molecule has 0 radical (unpaired) electrons. The second-order valence-corrected chi connectivity index (χ2v) is 8.55. The van der Waals surface area contributed by atoms with Gasteiger partial charge in [0.1, 0.15) is 12.4 Å². The Bertz CT molecular complexity index is 808. The van der Waals surface area contributed by atoms with Crippen molar-refractivity contribution in [1.29, 1.82) is 0 Å². The molecule has 6 nitrogen and oxygen atoms in total. The van der Waals surface area contributed by atoms with Crippen LogP contribution in [0.15, 0.2) is 29.6 Å². The molecule has 1 aliphatic rings. The minimum Gasteiger partial charge on any atom is -0.487 e. The smallest absolute Gasteiger partial charge is 0.338 e. The predicted octanol–water partition coefficient (Wildman–Crippen LogP) is 3.69. The summed E-state index contributed by atoms with van der Waals surface area (Å²) in [6, 6.07) is 6.70. The molecule has 2 aromatic rings. The third-order valence-corrected chi connectivity index (χ3v) is 5.51. The quantitative estimate of drug-likeness (QED) is 0.689. The maximum atomic E-state index is 12.3. The molecule has 0 aliphatic carbocycles. The van der Waals surface area contributed by atoms with Crippen LogP contribution in [0.4, 0.5) is 0 Å². The van der Waals surface area contributed by atoms with Crippen LogP contribution in [0.2, 0.25) is 0 Å². The van der Waals surface area contributed by atoms with E-state index in [2.05, 4.69) is 18.8 Å². The lowest BCUT2D eigenvalue weighted by atomic mass is 9.92. The second kappa shape index (κ2) is 9.19. The lowest BCUT2D eigenvalue weighted by molar-refractivity contribution is -0.137. The number of aromatic nitrogens is 1. The fourth-order valence-electron chi connectivity index (χ4n) is 3.49. The molecule has 1 fully saturated rings. The third kappa shape index (κ3) is 5.55. The summed E-state index contributed by atoms with van der Waals surface area (Å²) in [7, 11) is 0. The molecule has 2 atom stereocenters. The van der Waals surface area contributed by atoms with Gasteiger partial charge in [0.15, 0.2) is 6.61 Å². The van der Waals surface area contributed by atoms with E-state index in [0.717, 1.165) is 30.2 Å². The zero-order chi connectivity index (χ0) is 20.1. The fraction of sp³-hybridized carbons (Fsp3) is 0.476. The van der Waals surface area contributed by atoms with Crippen LogP contribution in [0.3, 0.4) is 0 Å². The monoisotopic (exact) mass is 402 g/mol. The van der Waals surface area contributed by atoms with Crippen LogP contribution in [0.5, 0.6) is 5.75 Å². The van der Waals surface area contributed by atoms with E-state index in [1.165, 1.54) is 0 Å². The van der Waals surface area contributed by atoms with Crippen molar-refractivity contribution >= 4 is 23.2 Å². The zero-order valence-electron chi connectivity index (χ0n) is 16.5. The Morgan fingerprint density at radius 3 is 2.46 bits per heavy atom. The van der Waals surface area contributed by atoms with Crippen molar-refractivity contribution in [2.75, 3.05) is 19.7 Å². The number of esters is 1. The van der Waals surface area contributed by atoms with Crippen LogP contribution >= 0.6 is 11.3 Å². The van der Waals surface area contributed by atoms with Crippen molar-refractivity contribution in [2.45, 2.75) is 33.8 Å². The highest BCUT2D eigenvalue weighted by Gasteiger charge is 2.26. The summed E-state index contributed by atoms with van der Waals surface area (Å²) in [5.74, 6) is 0.959. The molecule has 1 aromatic carbocycles. The first-order chi connectivity index (χ1) is 13.4. The summed E-state index contributed by atoms with van der Waals surface area (Å²) < 4.78 is 10.9. The summed E-state index contributed by atoms with van der Waals surface area (Å²) in [5.41, 5.74) is 1.27. The van der Waals surface area contributed by atoms with Gasteiger partial charge in [-0.3, -0.25) is 4.79 Å². The Morgan fingerprint density at radius 1 is 1.18 bits per heavy atom. The van der Waals surface area contributed by atoms with Gasteiger partial charge in [0.25, 0.3) is 5.91 Å². The summed E-state index contributed by atoms with van der Waals surface area (Å²) in [6.07, 6.45) is 1.13. The Labute approximate surface area is 169 Å². The van der Waals surface area contributed by atoms with Crippen LogP contribution in [-0.2, 0) is 16.1 Å². The zero-order valence-corrected chi connectivity index (χ0v) is 17.3. The number of benzene rings is 1. The van der Waals surface area contributed by atoms with Gasteiger partial charge in [-0.2, -0.15) is 0 Å². The molecule has 1 saturated heterocycles. The number of carbonyl (C=O) groups excluding carboxylic acids is 2. The van der Waals surface area contributed by atoms with E-state index >= 15 is 0 Å². The number of amides is 1. The molecule has 0 N–H and O–H groups in total. The highest BCUT2D eigenvalue weighted by molar-refractivity contribution is 7.09. The van der Waals surface area contributed by atoms with Crippen molar-refractivity contribution in [2.24, 2.45) is 11.8 Å². The molecule has 1 aromatic heterocycles. The number of thiazole rings is 1. The number of hydrogen-bond acceptors (Lipinski definition) is 6. The number of rotatable bonds is 6. The molecule has 1 amide bonds. The van der Waals surface area contributed by atoms with Gasteiger partial charge in [-0.25, -0.2) is 9.78 Å². The Balaban J connectivity index is 1.47. The molecule has 0 saturated carbocycles. The van der Waals surface area contributed by atoms with Crippen molar-refractivity contribution < 1.29 is 19.1 Å². The first kappa shape index (κ1) is 20.3. The number of ether oxygens (including phenoxy) is 2. The van der Waals surface area contributed by atoms with Crippen LogP contribution in [-0.4, -0.2) is 41.5 Å². The Hall–Kier alpha value is -2.41. The number of hydrogen-bond donors (Lipinski definition) is 0. The lowest BCUT2D eigenvalue weighted by Crippen LogP contribution is -2.44. The standard InChI is InChI=1S/C21H26N2O4S/c1-14-8-15(2)10-23(9-14)20(24)12-27-21(25)17-4-6-19(7-5-17)26-11-18-13-28-16(3)22-18/h4-7,13-15H,8-12H2,1-3H3/t14-,15-/m0/s1. The highest BCUT2D eigenvalue weighted by atomic mass is 32.1. The molecule has 150 valence electrons. The van der Waals surface area contributed by atoms with Crippen molar-refractivity contribution in [1.82, 2.24) is 9.88 Å². The molecular formula is C21H26N2O4S. The molecule has 2 heterocycles. The van der Waals surface area contributed by atoms with Gasteiger partial charge < -0.3 is 14.4 Å². The van der Waals surface area contributed by atoms with Crippen LogP contribution in [0, 0.1) is 18.8 Å². The lowest BCUT2D eigenvalue weighted by Gasteiger charge is -2.34. The SMILES string of the molecule is Cc1nc(COc2ccc(C(=O)OCC(=O)N3C[C@@H](C)C[C@H](C)C3)cc2)cs1. The molecular weight excluding hydrogens is 376 g/mol. The van der Waals surface area contributed by atoms with Gasteiger partial charge in [-0.1, -0.05) is 13.8 Å². The number of nitrogens with zero attached hydrogens (tertiary/aromatic N) is 2. The van der Waals surface area contributed by atoms with Crippen molar-refractivity contribution in [3.05, 3.63) is 45.9 Å². The van der Waals surface area contributed by atoms with Gasteiger partial charge in [-0.15, -0.1) is 11.3 Å². The van der Waals surface area contributed by atoms with E-state index in [9.17, 15) is 9.59 Å². The number of likely N-dealkylation sites (tertiary alicyclic amines) is 1. The Morgan fingerprint density at radius 2 is 1.86 bits per heavy atom. The molecule has 0 spiro atoms. The summed E-state index contributed by atoms with van der Waals surface area (Å²) >= 11 is 1.58. The van der Waals surface area contributed by atoms with E-state index in [1.54, 1.807) is 40.5 Å². The largest absolute Gasteiger partial charge is 0.487 e. The number of carbonyl (C=O) groups is 2. The van der Waals surface area contributed by atoms with E-state index in [0.29, 0.717) is 29.8 Å². The van der Waals surface area contributed by atoms with Crippen LogP contribution < -0.4 is 4.74 Å². The van der Waals surface area contributed by atoms with Gasteiger partial charge in [0.2, 0.25) is 0 Å². The van der Waals surface area contributed by atoms with Gasteiger partial charge >= 0.3 is 5.97 Å². The Kier molecular flexibility index (Phi) is 6.67. The van der Waals surface area contributed by atoms with E-state index < -0.39 is 5.97 Å². The minimum absolute atomic E-state index is 0.134. The summed E-state index contributed by atoms with van der Waals surface area (Å²) in [4.78, 5) is 30.7. The average molecular weight is 403 g/mol. The maximum absolute atomic E-state index is 12.3. The second-order valence-electron chi connectivity index (χ2n) is 7.49. The molecule has 0 unspecified atom stereocenters. The van der Waals surface area contributed by atoms with E-state index in [-0.39, 0.29) is 12.5 Å². The van der Waals surface area contributed by atoms with Crippen molar-refractivity contribution in [3.63, 3.8) is 0 Å². The van der Waals surface area contributed by atoms with Gasteiger partial charge in [0.05, 0.1) is 16.3 Å². The first-order valence-corrected chi connectivity index (χ1v) is 10.4. The number of piperidine rings is 1. The highest BCUT2D eigenvalue weighted by Crippen LogP contribution is 2.21. The molecule has 28 heavy (non-hydrogen) atoms. The maximum Gasteiger partial charge on any atom is 0.338 e. The first-order valence-electron chi connectivity index (χ1n) is 9.49. The molecule has 3 rings (SSSR count). The molecule has 7 heteroatoms. The summed E-state index contributed by atoms with van der Waals surface area (Å²) in [6.45, 7) is 7.85. The topological polar surface area (TPSA) is 68.7 Å². The number of aryl methyl sites for hydroxylation is 1. The van der Waals surface area contributed by atoms with Gasteiger partial charge in [-0.05, 0) is 49.4 Å². The third-order valence-electron chi connectivity index (χ3n) is 4.69. The predicted molar refractivity (Wildman–Crippen MR) is 107 cm³/mol. The normalized spacial score (nSPS) is 19.3. The van der Waals surface area contributed by atoms with E-state index in [4.69, 9.17) is 9.47 Å². The molecule has 1 aliphatic heterocycles. The van der Waals surface area contributed by atoms with Crippen LogP contribution in [0.1, 0.15) is 41.3 Å². The van der Waals surface area contributed by atoms with Gasteiger partial charge in [0, 0.05) is 18.5 Å². The molecule has 0 bridgehead atoms.